The van der Waals surface area contributed by atoms with Crippen molar-refractivity contribution in [3.63, 3.8) is 0 Å². The van der Waals surface area contributed by atoms with E-state index in [-0.39, 0.29) is 16.5 Å². The first-order valence-corrected chi connectivity index (χ1v) is 10.2. The third-order valence-corrected chi connectivity index (χ3v) is 6.01. The van der Waals surface area contributed by atoms with Crippen LogP contribution in [0.2, 0.25) is 5.02 Å². The largest absolute Gasteiger partial charge is 0.465 e. The van der Waals surface area contributed by atoms with Gasteiger partial charge in [-0.2, -0.15) is 0 Å². The highest BCUT2D eigenvalue weighted by molar-refractivity contribution is 6.31. The number of nitrogens with zero attached hydrogens (tertiary/aromatic N) is 4. The zero-order chi connectivity index (χ0) is 21.3. The van der Waals surface area contributed by atoms with E-state index in [2.05, 4.69) is 25.7 Å². The molecule has 0 aliphatic carbocycles. The molecule has 0 saturated carbocycles. The van der Waals surface area contributed by atoms with Gasteiger partial charge in [-0.05, 0) is 39.0 Å². The molecule has 2 aliphatic heterocycles. The predicted octanol–water partition coefficient (Wildman–Crippen LogP) is 2.59. The molecule has 0 unspecified atom stereocenters. The summed E-state index contributed by atoms with van der Waals surface area (Å²) in [6, 6.07) is 3.89. The van der Waals surface area contributed by atoms with Crippen LogP contribution in [0.15, 0.2) is 18.2 Å². The number of carbonyl (C=O) groups is 2. The monoisotopic (exact) mass is 426 g/mol. The van der Waals surface area contributed by atoms with Crippen molar-refractivity contribution < 1.29 is 19.1 Å². The van der Waals surface area contributed by atoms with Crippen molar-refractivity contribution in [1.82, 2.24) is 14.7 Å². The average molecular weight is 427 g/mol. The van der Waals surface area contributed by atoms with Gasteiger partial charge in [0.1, 0.15) is 11.9 Å². The molecular weight excluding hydrogens is 399 g/mol. The second kappa shape index (κ2) is 8.36. The first-order chi connectivity index (χ1) is 13.6. The van der Waals surface area contributed by atoms with Crippen molar-refractivity contribution in [1.29, 1.82) is 0 Å². The Morgan fingerprint density at radius 2 is 1.76 bits per heavy atom. The number of amides is 2. The minimum absolute atomic E-state index is 0.0718. The normalized spacial score (nSPS) is 21.4. The SMILES string of the molecule is CC(C)(C)N1CCN(C(=O)O)[C@H](C(=O)N2CCN(c3ccc(F)c(Cl)c3)CC2)C1. The summed E-state index contributed by atoms with van der Waals surface area (Å²) in [6.45, 7) is 9.64. The summed E-state index contributed by atoms with van der Waals surface area (Å²) < 4.78 is 13.4. The van der Waals surface area contributed by atoms with Gasteiger partial charge in [-0.1, -0.05) is 11.6 Å². The van der Waals surface area contributed by atoms with Gasteiger partial charge < -0.3 is 14.9 Å². The van der Waals surface area contributed by atoms with Crippen molar-refractivity contribution in [3.05, 3.63) is 29.0 Å². The van der Waals surface area contributed by atoms with Gasteiger partial charge in [0.25, 0.3) is 0 Å². The molecule has 29 heavy (non-hydrogen) atoms. The van der Waals surface area contributed by atoms with Gasteiger partial charge in [0.2, 0.25) is 5.91 Å². The number of halogens is 2. The Hall–Kier alpha value is -2.06. The third-order valence-electron chi connectivity index (χ3n) is 5.72. The second-order valence-electron chi connectivity index (χ2n) is 8.52. The van der Waals surface area contributed by atoms with E-state index < -0.39 is 18.0 Å². The van der Waals surface area contributed by atoms with Crippen LogP contribution in [0.25, 0.3) is 0 Å². The molecule has 3 rings (SSSR count). The molecule has 160 valence electrons. The summed E-state index contributed by atoms with van der Waals surface area (Å²) >= 11 is 5.88. The molecule has 2 aliphatic rings. The van der Waals surface area contributed by atoms with Crippen molar-refractivity contribution in [3.8, 4) is 0 Å². The molecule has 0 bridgehead atoms. The molecule has 0 radical (unpaired) electrons. The van der Waals surface area contributed by atoms with E-state index in [0.717, 1.165) is 5.69 Å². The number of piperazine rings is 2. The van der Waals surface area contributed by atoms with Gasteiger partial charge in [0.05, 0.1) is 5.02 Å². The predicted molar refractivity (Wildman–Crippen MR) is 110 cm³/mol. The number of hydrogen-bond acceptors (Lipinski definition) is 4. The molecule has 1 atom stereocenters. The molecule has 2 saturated heterocycles. The Morgan fingerprint density at radius 1 is 1.10 bits per heavy atom. The fourth-order valence-electron chi connectivity index (χ4n) is 3.91. The van der Waals surface area contributed by atoms with E-state index in [4.69, 9.17) is 11.6 Å². The van der Waals surface area contributed by atoms with Gasteiger partial charge >= 0.3 is 6.09 Å². The second-order valence-corrected chi connectivity index (χ2v) is 8.93. The van der Waals surface area contributed by atoms with E-state index >= 15 is 0 Å². The van der Waals surface area contributed by atoms with Gasteiger partial charge in [-0.15, -0.1) is 0 Å². The zero-order valence-electron chi connectivity index (χ0n) is 17.1. The molecule has 1 aromatic carbocycles. The summed E-state index contributed by atoms with van der Waals surface area (Å²) in [5.74, 6) is -0.614. The van der Waals surface area contributed by atoms with E-state index in [1.54, 1.807) is 17.0 Å². The number of benzene rings is 1. The maximum Gasteiger partial charge on any atom is 0.408 e. The maximum atomic E-state index is 13.4. The van der Waals surface area contributed by atoms with Crippen LogP contribution in [0.4, 0.5) is 14.9 Å². The van der Waals surface area contributed by atoms with Crippen LogP contribution in [0.3, 0.4) is 0 Å². The first kappa shape index (κ1) is 21.6. The van der Waals surface area contributed by atoms with Crippen LogP contribution in [-0.4, -0.2) is 89.2 Å². The number of rotatable bonds is 2. The van der Waals surface area contributed by atoms with E-state index in [1.165, 1.54) is 11.0 Å². The molecule has 0 spiro atoms. The van der Waals surface area contributed by atoms with E-state index in [9.17, 15) is 19.1 Å². The molecule has 9 heteroatoms. The summed E-state index contributed by atoms with van der Waals surface area (Å²) in [5.41, 5.74) is 0.677. The summed E-state index contributed by atoms with van der Waals surface area (Å²) in [6.07, 6.45) is -1.06. The van der Waals surface area contributed by atoms with Crippen molar-refractivity contribution in [2.75, 3.05) is 50.7 Å². The third kappa shape index (κ3) is 4.75. The standard InChI is InChI=1S/C20H28ClFN4O3/c1-20(2,3)25-10-11-26(19(28)29)17(13-25)18(27)24-8-6-23(7-9-24)14-4-5-16(22)15(21)12-14/h4-5,12,17H,6-11,13H2,1-3H3,(H,28,29)/t17-/m0/s1. The van der Waals surface area contributed by atoms with Crippen LogP contribution >= 0.6 is 11.6 Å². The molecule has 2 fully saturated rings. The minimum atomic E-state index is -1.06. The smallest absolute Gasteiger partial charge is 0.408 e. The van der Waals surface area contributed by atoms with Crippen LogP contribution in [0.5, 0.6) is 0 Å². The summed E-state index contributed by atoms with van der Waals surface area (Å²) in [4.78, 5) is 32.1. The Labute approximate surface area is 175 Å². The number of carbonyl (C=O) groups excluding carboxylic acids is 1. The highest BCUT2D eigenvalue weighted by Crippen LogP contribution is 2.25. The molecule has 1 aromatic rings. The van der Waals surface area contributed by atoms with Gasteiger partial charge in [-0.3, -0.25) is 14.6 Å². The van der Waals surface area contributed by atoms with Crippen LogP contribution < -0.4 is 4.90 Å². The zero-order valence-corrected chi connectivity index (χ0v) is 17.8. The summed E-state index contributed by atoms with van der Waals surface area (Å²) in [5, 5.41) is 9.64. The fourth-order valence-corrected chi connectivity index (χ4v) is 4.08. The van der Waals surface area contributed by atoms with Crippen LogP contribution in [0.1, 0.15) is 20.8 Å². The Kier molecular flexibility index (Phi) is 6.24. The Morgan fingerprint density at radius 3 is 2.31 bits per heavy atom. The van der Waals surface area contributed by atoms with Gasteiger partial charge in [0, 0.05) is 57.0 Å². The Bertz CT molecular complexity index is 777. The number of hydrogen-bond donors (Lipinski definition) is 1. The number of anilines is 1. The lowest BCUT2D eigenvalue weighted by Crippen LogP contribution is -2.65. The van der Waals surface area contributed by atoms with E-state index in [0.29, 0.717) is 45.8 Å². The lowest BCUT2D eigenvalue weighted by Gasteiger charge is -2.47. The Balaban J connectivity index is 1.67. The minimum Gasteiger partial charge on any atom is -0.465 e. The van der Waals surface area contributed by atoms with Crippen LogP contribution in [-0.2, 0) is 4.79 Å². The molecule has 7 nitrogen and oxygen atoms in total. The molecule has 1 N–H and O–H groups in total. The fraction of sp³-hybridized carbons (Fsp3) is 0.600. The van der Waals surface area contributed by atoms with Crippen molar-refractivity contribution in [2.45, 2.75) is 32.4 Å². The van der Waals surface area contributed by atoms with Crippen LogP contribution in [0, 0.1) is 5.82 Å². The molecule has 2 heterocycles. The maximum absolute atomic E-state index is 13.4. The van der Waals surface area contributed by atoms with E-state index in [1.807, 2.05) is 4.90 Å². The van der Waals surface area contributed by atoms with Gasteiger partial charge in [0.15, 0.2) is 0 Å². The highest BCUT2D eigenvalue weighted by Gasteiger charge is 2.40. The molecule has 0 aromatic heterocycles. The quantitative estimate of drug-likeness (QED) is 0.787. The van der Waals surface area contributed by atoms with Crippen molar-refractivity contribution >= 4 is 29.3 Å². The number of carboxylic acid groups (broad SMARTS) is 1. The average Bonchev–Trinajstić information content (AvgIpc) is 2.68. The molecule has 2 amide bonds. The topological polar surface area (TPSA) is 67.3 Å². The molecular formula is C20H28ClFN4O3. The first-order valence-electron chi connectivity index (χ1n) is 9.81. The lowest BCUT2D eigenvalue weighted by molar-refractivity contribution is -0.139. The van der Waals surface area contributed by atoms with Crippen molar-refractivity contribution in [2.24, 2.45) is 0 Å². The van der Waals surface area contributed by atoms with Gasteiger partial charge in [-0.25, -0.2) is 9.18 Å². The highest BCUT2D eigenvalue weighted by atomic mass is 35.5. The lowest BCUT2D eigenvalue weighted by atomic mass is 10.0. The summed E-state index contributed by atoms with van der Waals surface area (Å²) in [7, 11) is 0.